The van der Waals surface area contributed by atoms with Crippen molar-refractivity contribution in [3.05, 3.63) is 46.8 Å². The zero-order chi connectivity index (χ0) is 26.8. The van der Waals surface area contributed by atoms with Gasteiger partial charge in [0.2, 0.25) is 0 Å². The lowest BCUT2D eigenvalue weighted by Crippen LogP contribution is -2.40. The number of aryl methyl sites for hydroxylation is 2. The van der Waals surface area contributed by atoms with Gasteiger partial charge in [0.15, 0.2) is 9.84 Å². The Morgan fingerprint density at radius 1 is 1.24 bits per heavy atom. The molecule has 1 amide bonds. The highest BCUT2D eigenvalue weighted by atomic mass is 32.2. The Morgan fingerprint density at radius 2 is 2.00 bits per heavy atom. The summed E-state index contributed by atoms with van der Waals surface area (Å²) in [5.41, 5.74) is 2.74. The van der Waals surface area contributed by atoms with Crippen LogP contribution in [0.25, 0.3) is 0 Å². The minimum Gasteiger partial charge on any atom is -0.462 e. The molecule has 10 heteroatoms. The molecule has 5 rings (SSSR count). The van der Waals surface area contributed by atoms with Crippen LogP contribution in [0.3, 0.4) is 0 Å². The minimum atomic E-state index is -3.44. The molecular weight excluding hydrogens is 506 g/mol. The molecule has 0 atom stereocenters. The van der Waals surface area contributed by atoms with Gasteiger partial charge in [-0.3, -0.25) is 9.48 Å². The Labute approximate surface area is 224 Å². The van der Waals surface area contributed by atoms with Gasteiger partial charge in [-0.05, 0) is 75.5 Å². The largest absolute Gasteiger partial charge is 0.462 e. The molecule has 9 nitrogen and oxygen atoms in total. The molecule has 0 radical (unpaired) electrons. The molecule has 0 unspecified atom stereocenters. The molecule has 3 aliphatic rings. The number of nitrogens with one attached hydrogen (secondary N) is 1. The fourth-order valence-corrected chi connectivity index (χ4v) is 7.94. The molecule has 1 saturated carbocycles. The number of carbonyl (C=O) groups excluding carboxylic acids is 2. The standard InChI is InChI=1S/C28H37N3O6S/c1-2-31-25-23(18-28(19-29-26(25)32)12-15-36-16-13-28)24(30-31)11-6-14-37-27(33)20-7-5-10-22(17-20)38(34,35)21-8-3-4-9-21/h5,7,10,17,21H,2-4,6,8-9,11-16,18-19H2,1H3,(H,29,32). The van der Waals surface area contributed by atoms with Gasteiger partial charge in [-0.25, -0.2) is 13.2 Å². The Hall–Kier alpha value is -2.72. The maximum atomic E-state index is 13.0. The number of hydrogen-bond acceptors (Lipinski definition) is 7. The zero-order valence-corrected chi connectivity index (χ0v) is 22.9. The van der Waals surface area contributed by atoms with Gasteiger partial charge in [0.1, 0.15) is 5.69 Å². The average Bonchev–Trinajstić information content (AvgIpc) is 3.57. The van der Waals surface area contributed by atoms with Crippen LogP contribution in [0.5, 0.6) is 0 Å². The molecular formula is C28H37N3O6S. The number of fused-ring (bicyclic) bond motifs is 1. The number of aromatic nitrogens is 2. The third-order valence-corrected chi connectivity index (χ3v) is 10.6. The number of hydrogen-bond donors (Lipinski definition) is 1. The molecule has 2 fully saturated rings. The number of ether oxygens (including phenoxy) is 2. The molecule has 1 aromatic carbocycles. The summed E-state index contributed by atoms with van der Waals surface area (Å²) in [5, 5.41) is 7.50. The smallest absolute Gasteiger partial charge is 0.338 e. The van der Waals surface area contributed by atoms with E-state index in [1.807, 2.05) is 6.92 Å². The topological polar surface area (TPSA) is 117 Å². The van der Waals surface area contributed by atoms with Crippen molar-refractivity contribution in [3.8, 4) is 0 Å². The Balaban J connectivity index is 1.24. The van der Waals surface area contributed by atoms with Crippen LogP contribution in [0.4, 0.5) is 0 Å². The molecule has 1 aliphatic carbocycles. The lowest BCUT2D eigenvalue weighted by Gasteiger charge is -2.36. The van der Waals surface area contributed by atoms with Crippen molar-refractivity contribution in [2.45, 2.75) is 81.4 Å². The van der Waals surface area contributed by atoms with Crippen LogP contribution in [-0.4, -0.2) is 61.7 Å². The molecule has 206 valence electrons. The van der Waals surface area contributed by atoms with Crippen molar-refractivity contribution >= 4 is 21.7 Å². The van der Waals surface area contributed by atoms with E-state index in [-0.39, 0.29) is 33.6 Å². The summed E-state index contributed by atoms with van der Waals surface area (Å²) in [7, 11) is -3.44. The number of nitrogens with zero attached hydrogens (tertiary/aromatic N) is 2. The molecule has 0 bridgehead atoms. The van der Waals surface area contributed by atoms with E-state index in [0.717, 1.165) is 43.4 Å². The summed E-state index contributed by atoms with van der Waals surface area (Å²) in [6, 6.07) is 6.18. The lowest BCUT2D eigenvalue weighted by molar-refractivity contribution is 0.0160. The monoisotopic (exact) mass is 543 g/mol. The molecule has 2 aromatic rings. The minimum absolute atomic E-state index is 0.0220. The normalized spacial score (nSPS) is 19.7. The zero-order valence-electron chi connectivity index (χ0n) is 22.0. The van der Waals surface area contributed by atoms with Crippen LogP contribution in [0.1, 0.15) is 84.0 Å². The second-order valence-corrected chi connectivity index (χ2v) is 13.0. The molecule has 2 aliphatic heterocycles. The summed E-state index contributed by atoms with van der Waals surface area (Å²) in [4.78, 5) is 25.9. The number of esters is 1. The van der Waals surface area contributed by atoms with E-state index in [2.05, 4.69) is 5.32 Å². The van der Waals surface area contributed by atoms with Gasteiger partial charge in [-0.2, -0.15) is 5.10 Å². The van der Waals surface area contributed by atoms with Crippen LogP contribution in [-0.2, 0) is 38.7 Å². The first-order valence-corrected chi connectivity index (χ1v) is 15.3. The summed E-state index contributed by atoms with van der Waals surface area (Å²) in [6.45, 7) is 4.78. The number of rotatable bonds is 8. The van der Waals surface area contributed by atoms with E-state index in [1.165, 1.54) is 6.07 Å². The predicted molar refractivity (Wildman–Crippen MR) is 141 cm³/mol. The Morgan fingerprint density at radius 3 is 2.74 bits per heavy atom. The second kappa shape index (κ2) is 11.2. The first-order chi connectivity index (χ1) is 18.3. The van der Waals surface area contributed by atoms with Crippen LogP contribution in [0.2, 0.25) is 0 Å². The summed E-state index contributed by atoms with van der Waals surface area (Å²) in [5.74, 6) is -0.616. The molecule has 38 heavy (non-hydrogen) atoms. The van der Waals surface area contributed by atoms with Crippen molar-refractivity contribution in [1.82, 2.24) is 15.1 Å². The highest BCUT2D eigenvalue weighted by Crippen LogP contribution is 2.38. The summed E-state index contributed by atoms with van der Waals surface area (Å²) < 4.78 is 38.7. The van der Waals surface area contributed by atoms with Crippen molar-refractivity contribution in [1.29, 1.82) is 0 Å². The first-order valence-electron chi connectivity index (χ1n) is 13.8. The van der Waals surface area contributed by atoms with Crippen LogP contribution < -0.4 is 5.32 Å². The van der Waals surface area contributed by atoms with E-state index in [4.69, 9.17) is 14.6 Å². The van der Waals surface area contributed by atoms with E-state index < -0.39 is 15.8 Å². The molecule has 1 aromatic heterocycles. The predicted octanol–water partition coefficient (Wildman–Crippen LogP) is 3.49. The van der Waals surface area contributed by atoms with Gasteiger partial charge >= 0.3 is 5.97 Å². The Kier molecular flexibility index (Phi) is 7.90. The summed E-state index contributed by atoms with van der Waals surface area (Å²) in [6.07, 6.45) is 6.90. The highest BCUT2D eigenvalue weighted by molar-refractivity contribution is 7.92. The van der Waals surface area contributed by atoms with Crippen molar-refractivity contribution in [2.24, 2.45) is 5.41 Å². The van der Waals surface area contributed by atoms with E-state index in [9.17, 15) is 18.0 Å². The third-order valence-electron chi connectivity index (χ3n) is 8.31. The molecule has 3 heterocycles. The molecule has 1 N–H and O–H groups in total. The Bertz CT molecular complexity index is 1290. The third kappa shape index (κ3) is 5.38. The van der Waals surface area contributed by atoms with Crippen molar-refractivity contribution < 1.29 is 27.5 Å². The van der Waals surface area contributed by atoms with Crippen LogP contribution in [0.15, 0.2) is 29.2 Å². The quantitative estimate of drug-likeness (QED) is 0.400. The maximum Gasteiger partial charge on any atom is 0.338 e. The van der Waals surface area contributed by atoms with Gasteiger partial charge in [0.25, 0.3) is 5.91 Å². The van der Waals surface area contributed by atoms with Crippen LogP contribution in [0, 0.1) is 5.41 Å². The lowest BCUT2D eigenvalue weighted by atomic mass is 9.75. The van der Waals surface area contributed by atoms with E-state index >= 15 is 0 Å². The van der Waals surface area contributed by atoms with Crippen LogP contribution >= 0.6 is 0 Å². The SMILES string of the molecule is CCn1nc(CCCOC(=O)c2cccc(S(=O)(=O)C3CCCC3)c2)c2c1C(=O)NCC1(CCOCC1)C2. The second-order valence-electron chi connectivity index (χ2n) is 10.8. The van der Waals surface area contributed by atoms with E-state index in [1.54, 1.807) is 22.9 Å². The fourth-order valence-electron chi connectivity index (χ4n) is 6.04. The molecule has 1 spiro atoms. The van der Waals surface area contributed by atoms with Crippen molar-refractivity contribution in [2.75, 3.05) is 26.4 Å². The average molecular weight is 544 g/mol. The fraction of sp³-hybridized carbons (Fsp3) is 0.607. The number of amides is 1. The van der Waals surface area contributed by atoms with Gasteiger partial charge < -0.3 is 14.8 Å². The number of sulfone groups is 1. The maximum absolute atomic E-state index is 13.0. The molecule has 1 saturated heterocycles. The van der Waals surface area contributed by atoms with Gasteiger partial charge in [0.05, 0.1) is 28.0 Å². The number of benzene rings is 1. The first kappa shape index (κ1) is 26.9. The van der Waals surface area contributed by atoms with Crippen molar-refractivity contribution in [3.63, 3.8) is 0 Å². The number of carbonyl (C=O) groups is 2. The summed E-state index contributed by atoms with van der Waals surface area (Å²) >= 11 is 0. The highest BCUT2D eigenvalue weighted by Gasteiger charge is 2.39. The van der Waals surface area contributed by atoms with Gasteiger partial charge in [-0.1, -0.05) is 18.9 Å². The van der Waals surface area contributed by atoms with Gasteiger partial charge in [-0.15, -0.1) is 0 Å². The van der Waals surface area contributed by atoms with E-state index in [0.29, 0.717) is 57.7 Å². The van der Waals surface area contributed by atoms with Gasteiger partial charge in [0, 0.05) is 31.9 Å².